The summed E-state index contributed by atoms with van der Waals surface area (Å²) in [5.41, 5.74) is 3.13. The molecule has 0 bridgehead atoms. The number of hydrogen-bond acceptors (Lipinski definition) is 1. The number of anilines is 1. The van der Waals surface area contributed by atoms with Crippen LogP contribution in [0.15, 0.2) is 47.2 Å². The van der Waals surface area contributed by atoms with E-state index in [0.29, 0.717) is 6.54 Å². The van der Waals surface area contributed by atoms with Crippen molar-refractivity contribution < 1.29 is 9.36 Å². The molecule has 0 aliphatic rings. The molecule has 1 amide bonds. The van der Waals surface area contributed by atoms with Crippen LogP contribution in [0.1, 0.15) is 11.1 Å². The number of carbonyl (C=O) groups excluding carboxylic acids is 1. The Balaban J connectivity index is 2.01. The maximum atomic E-state index is 11.9. The van der Waals surface area contributed by atoms with Crippen LogP contribution in [0.4, 0.5) is 5.69 Å². The van der Waals surface area contributed by atoms with Gasteiger partial charge in [-0.3, -0.25) is 4.79 Å². The predicted octanol–water partition coefficient (Wildman–Crippen LogP) is 2.99. The zero-order valence-corrected chi connectivity index (χ0v) is 12.6. The van der Waals surface area contributed by atoms with Crippen LogP contribution in [-0.2, 0) is 11.3 Å². The number of rotatable bonds is 3. The van der Waals surface area contributed by atoms with Crippen LogP contribution in [0, 0.1) is 13.8 Å². The smallest absolute Gasteiger partial charge is 0.290 e. The molecule has 98 valence electrons. The molecule has 0 unspecified atom stereocenters. The molecule has 0 spiro atoms. The summed E-state index contributed by atoms with van der Waals surface area (Å²) in [5.74, 6) is -0.0374. The van der Waals surface area contributed by atoms with Crippen molar-refractivity contribution in [3.05, 3.63) is 58.3 Å². The molecule has 1 heterocycles. The van der Waals surface area contributed by atoms with Crippen LogP contribution in [0.25, 0.3) is 0 Å². The van der Waals surface area contributed by atoms with Crippen LogP contribution in [0.5, 0.6) is 0 Å². The van der Waals surface area contributed by atoms with Crippen molar-refractivity contribution >= 4 is 27.5 Å². The maximum Gasteiger partial charge on any atom is 0.290 e. The summed E-state index contributed by atoms with van der Waals surface area (Å²) < 4.78 is 2.85. The van der Waals surface area contributed by atoms with E-state index in [1.807, 2.05) is 61.1 Å². The maximum absolute atomic E-state index is 11.9. The zero-order valence-electron chi connectivity index (χ0n) is 11.0. The Morgan fingerprint density at radius 2 is 1.89 bits per heavy atom. The number of halogens is 1. The number of amides is 1. The fourth-order valence-electron chi connectivity index (χ4n) is 1.67. The fraction of sp³-hybridized carbons (Fsp3) is 0.200. The molecule has 1 N–H and O–H groups in total. The predicted molar refractivity (Wildman–Crippen MR) is 78.9 cm³/mol. The first-order chi connectivity index (χ1) is 9.04. The SMILES string of the molecule is Cc1cc[n+](CC(=O)Nc2ccc(C)c(Br)c2)cc1. The molecule has 19 heavy (non-hydrogen) atoms. The first kappa shape index (κ1) is 13.7. The van der Waals surface area contributed by atoms with E-state index in [1.165, 1.54) is 5.56 Å². The summed E-state index contributed by atoms with van der Waals surface area (Å²) in [7, 11) is 0. The van der Waals surface area contributed by atoms with Gasteiger partial charge in [-0.1, -0.05) is 22.0 Å². The van der Waals surface area contributed by atoms with E-state index in [2.05, 4.69) is 21.2 Å². The van der Waals surface area contributed by atoms with Crippen LogP contribution >= 0.6 is 15.9 Å². The summed E-state index contributed by atoms with van der Waals surface area (Å²) >= 11 is 3.45. The van der Waals surface area contributed by atoms with Gasteiger partial charge in [0.05, 0.1) is 0 Å². The second kappa shape index (κ2) is 5.97. The lowest BCUT2D eigenvalue weighted by atomic mass is 10.2. The second-order valence-corrected chi connectivity index (χ2v) is 5.41. The van der Waals surface area contributed by atoms with Gasteiger partial charge in [0, 0.05) is 22.3 Å². The number of pyridine rings is 1. The van der Waals surface area contributed by atoms with E-state index >= 15 is 0 Å². The minimum atomic E-state index is -0.0374. The number of nitrogens with one attached hydrogen (secondary N) is 1. The molecule has 0 aliphatic carbocycles. The topological polar surface area (TPSA) is 33.0 Å². The van der Waals surface area contributed by atoms with Crippen molar-refractivity contribution in [1.29, 1.82) is 0 Å². The van der Waals surface area contributed by atoms with E-state index in [-0.39, 0.29) is 5.91 Å². The third-order valence-corrected chi connectivity index (χ3v) is 3.69. The lowest BCUT2D eigenvalue weighted by Gasteiger charge is -2.05. The molecule has 0 saturated carbocycles. The lowest BCUT2D eigenvalue weighted by molar-refractivity contribution is -0.684. The Labute approximate surface area is 121 Å². The average Bonchev–Trinajstić information content (AvgIpc) is 2.37. The monoisotopic (exact) mass is 319 g/mol. The molecular weight excluding hydrogens is 304 g/mol. The highest BCUT2D eigenvalue weighted by molar-refractivity contribution is 9.10. The van der Waals surface area contributed by atoms with Gasteiger partial charge in [0.1, 0.15) is 0 Å². The molecule has 0 radical (unpaired) electrons. The van der Waals surface area contributed by atoms with E-state index in [9.17, 15) is 4.79 Å². The van der Waals surface area contributed by atoms with Crippen LogP contribution in [0.2, 0.25) is 0 Å². The first-order valence-corrected chi connectivity index (χ1v) is 6.85. The normalized spacial score (nSPS) is 10.3. The molecule has 1 aromatic heterocycles. The van der Waals surface area contributed by atoms with Crippen molar-refractivity contribution in [3.63, 3.8) is 0 Å². The lowest BCUT2D eigenvalue weighted by Crippen LogP contribution is -2.39. The van der Waals surface area contributed by atoms with Crippen LogP contribution in [0.3, 0.4) is 0 Å². The Morgan fingerprint density at radius 3 is 2.53 bits per heavy atom. The van der Waals surface area contributed by atoms with Gasteiger partial charge in [0.25, 0.3) is 5.91 Å². The van der Waals surface area contributed by atoms with Gasteiger partial charge >= 0.3 is 0 Å². The molecule has 0 fully saturated rings. The van der Waals surface area contributed by atoms with Crippen LogP contribution < -0.4 is 9.88 Å². The van der Waals surface area contributed by atoms with Crippen molar-refractivity contribution in [3.8, 4) is 0 Å². The highest BCUT2D eigenvalue weighted by atomic mass is 79.9. The van der Waals surface area contributed by atoms with E-state index in [0.717, 1.165) is 15.7 Å². The molecular formula is C15H16BrN2O+. The molecule has 0 aliphatic heterocycles. The highest BCUT2D eigenvalue weighted by Gasteiger charge is 2.09. The molecule has 0 saturated heterocycles. The average molecular weight is 320 g/mol. The summed E-state index contributed by atoms with van der Waals surface area (Å²) in [5, 5.41) is 2.88. The van der Waals surface area contributed by atoms with Gasteiger partial charge in [-0.15, -0.1) is 0 Å². The largest absolute Gasteiger partial charge is 0.321 e. The van der Waals surface area contributed by atoms with Gasteiger partial charge in [-0.25, -0.2) is 0 Å². The van der Waals surface area contributed by atoms with E-state index in [1.54, 1.807) is 0 Å². The Kier molecular flexibility index (Phi) is 4.32. The summed E-state index contributed by atoms with van der Waals surface area (Å²) in [6.45, 7) is 4.35. The molecule has 3 nitrogen and oxygen atoms in total. The number of benzene rings is 1. The van der Waals surface area contributed by atoms with E-state index < -0.39 is 0 Å². The van der Waals surface area contributed by atoms with Crippen molar-refractivity contribution in [2.45, 2.75) is 20.4 Å². The molecule has 1 aromatic carbocycles. The van der Waals surface area contributed by atoms with Crippen molar-refractivity contribution in [2.24, 2.45) is 0 Å². The van der Waals surface area contributed by atoms with Gasteiger partial charge < -0.3 is 5.32 Å². The van der Waals surface area contributed by atoms with Crippen LogP contribution in [-0.4, -0.2) is 5.91 Å². The highest BCUT2D eigenvalue weighted by Crippen LogP contribution is 2.20. The summed E-state index contributed by atoms with van der Waals surface area (Å²) in [6.07, 6.45) is 3.81. The summed E-state index contributed by atoms with van der Waals surface area (Å²) in [4.78, 5) is 11.9. The second-order valence-electron chi connectivity index (χ2n) is 4.56. The van der Waals surface area contributed by atoms with Gasteiger partial charge in [0.15, 0.2) is 12.4 Å². The number of carbonyl (C=O) groups is 1. The standard InChI is InChI=1S/C15H15BrN2O/c1-11-5-7-18(8-6-11)10-15(19)17-13-4-3-12(2)14(16)9-13/h3-9H,10H2,1-2H3/p+1. The third-order valence-electron chi connectivity index (χ3n) is 2.84. The molecule has 2 rings (SSSR count). The quantitative estimate of drug-likeness (QED) is 0.867. The Bertz CT molecular complexity index is 594. The molecule has 4 heteroatoms. The van der Waals surface area contributed by atoms with Gasteiger partial charge in [-0.05, 0) is 37.1 Å². The summed E-state index contributed by atoms with van der Waals surface area (Å²) in [6, 6.07) is 9.75. The molecule has 2 aromatic rings. The Hall–Kier alpha value is -1.68. The van der Waals surface area contributed by atoms with Crippen molar-refractivity contribution in [2.75, 3.05) is 5.32 Å². The van der Waals surface area contributed by atoms with Gasteiger partial charge in [0.2, 0.25) is 6.54 Å². The zero-order chi connectivity index (χ0) is 13.8. The third kappa shape index (κ3) is 3.89. The molecule has 0 atom stereocenters. The number of nitrogens with zero attached hydrogens (tertiary/aromatic N) is 1. The van der Waals surface area contributed by atoms with Gasteiger partial charge in [-0.2, -0.15) is 4.57 Å². The number of aryl methyl sites for hydroxylation is 2. The Morgan fingerprint density at radius 1 is 1.21 bits per heavy atom. The fourth-order valence-corrected chi connectivity index (χ4v) is 2.05. The van der Waals surface area contributed by atoms with Crippen molar-refractivity contribution in [1.82, 2.24) is 0 Å². The minimum absolute atomic E-state index is 0.0374. The number of hydrogen-bond donors (Lipinski definition) is 1. The minimum Gasteiger partial charge on any atom is -0.321 e. The van der Waals surface area contributed by atoms with E-state index in [4.69, 9.17) is 0 Å². The first-order valence-electron chi connectivity index (χ1n) is 6.06. The number of aromatic nitrogens is 1.